The Hall–Kier alpha value is -1.01. The Balaban J connectivity index is 1.58. The van der Waals surface area contributed by atoms with Crippen LogP contribution in [0.25, 0.3) is 0 Å². The van der Waals surface area contributed by atoms with E-state index in [-0.39, 0.29) is 12.5 Å². The predicted molar refractivity (Wildman–Crippen MR) is 319 cm³/mol. The van der Waals surface area contributed by atoms with E-state index in [4.69, 9.17) is 18.9 Å². The molecule has 9 N–H and O–H groups in total. The van der Waals surface area contributed by atoms with Crippen LogP contribution in [0.5, 0.6) is 0 Å². The Labute approximate surface area is 483 Å². The van der Waals surface area contributed by atoms with E-state index in [1.54, 1.807) is 0 Å². The predicted octanol–water partition coefficient (Wildman–Crippen LogP) is 12.8. The van der Waals surface area contributed by atoms with E-state index in [1.807, 2.05) is 0 Å². The minimum atomic E-state index is -1.78. The number of rotatable bonds is 56. The SMILES string of the molecule is CCCCCCCCCCCCCCCCCCCCCCCCCCCCCCCCCCCC(=O)NC(COC1OC(CO)C(OC2OC(CO)C(O)C(O)C2O)C(O)C1O)C(O)CCCCCCCCCCCCCC. The van der Waals surface area contributed by atoms with E-state index in [0.29, 0.717) is 12.8 Å². The third-order valence-electron chi connectivity index (χ3n) is 17.1. The highest BCUT2D eigenvalue weighted by atomic mass is 16.7. The molecule has 0 aliphatic carbocycles. The first-order valence-corrected chi connectivity index (χ1v) is 33.8. The normalized spacial score (nSPS) is 24.3. The number of ether oxygens (including phenoxy) is 4. The minimum absolute atomic E-state index is 0.200. The van der Waals surface area contributed by atoms with E-state index in [0.717, 1.165) is 51.4 Å². The van der Waals surface area contributed by atoms with Gasteiger partial charge in [-0.25, -0.2) is 0 Å². The van der Waals surface area contributed by atoms with Gasteiger partial charge in [-0.05, 0) is 12.8 Å². The standard InChI is InChI=1S/C65H127NO13/c1-3-5-7-9-11-13-15-17-18-19-20-21-22-23-24-25-26-27-28-29-30-31-32-33-34-35-36-37-39-41-43-45-47-49-57(70)66-53(54(69)48-46-44-42-40-38-16-14-12-10-8-6-4-2)52-76-64-62(75)60(73)63(56(51-68)78-64)79-65-61(74)59(72)58(71)55(50-67)77-65/h53-56,58-65,67-69,71-75H,3-52H2,1-2H3,(H,66,70). The third kappa shape index (κ3) is 36.4. The van der Waals surface area contributed by atoms with Gasteiger partial charge in [0.1, 0.15) is 48.8 Å². The van der Waals surface area contributed by atoms with E-state index in [9.17, 15) is 45.6 Å². The summed E-state index contributed by atoms with van der Waals surface area (Å²) in [6, 6.07) is -0.822. The molecule has 0 bridgehead atoms. The monoisotopic (exact) mass is 1130 g/mol. The van der Waals surface area contributed by atoms with Gasteiger partial charge in [-0.3, -0.25) is 4.79 Å². The fourth-order valence-corrected chi connectivity index (χ4v) is 11.7. The number of nitrogens with one attached hydrogen (secondary N) is 1. The van der Waals surface area contributed by atoms with Crippen LogP contribution in [0, 0.1) is 0 Å². The molecule has 0 radical (unpaired) electrons. The quantitative estimate of drug-likeness (QED) is 0.0259. The molecule has 2 rings (SSSR count). The van der Waals surface area contributed by atoms with Crippen LogP contribution in [0.4, 0.5) is 0 Å². The maximum absolute atomic E-state index is 13.3. The summed E-state index contributed by atoms with van der Waals surface area (Å²) < 4.78 is 22.8. The average Bonchev–Trinajstić information content (AvgIpc) is 3.49. The van der Waals surface area contributed by atoms with Gasteiger partial charge in [0, 0.05) is 6.42 Å². The summed E-state index contributed by atoms with van der Waals surface area (Å²) in [5, 5.41) is 87.3. The van der Waals surface area contributed by atoms with Crippen molar-refractivity contribution in [2.45, 2.75) is 389 Å². The first-order chi connectivity index (χ1) is 38.6. The molecule has 12 atom stereocenters. The van der Waals surface area contributed by atoms with Crippen molar-refractivity contribution in [3.63, 3.8) is 0 Å². The molecular weight excluding hydrogens is 1000 g/mol. The fraction of sp³-hybridized carbons (Fsp3) is 0.985. The van der Waals surface area contributed by atoms with Crippen molar-refractivity contribution < 1.29 is 64.6 Å². The van der Waals surface area contributed by atoms with Crippen LogP contribution in [-0.2, 0) is 23.7 Å². The van der Waals surface area contributed by atoms with Gasteiger partial charge < -0.3 is 65.1 Å². The number of hydrogen-bond acceptors (Lipinski definition) is 13. The first kappa shape index (κ1) is 74.1. The molecule has 0 aromatic carbocycles. The zero-order valence-corrected chi connectivity index (χ0v) is 50.9. The van der Waals surface area contributed by atoms with Gasteiger partial charge in [0.05, 0.1) is 32.0 Å². The van der Waals surface area contributed by atoms with Gasteiger partial charge in [-0.15, -0.1) is 0 Å². The first-order valence-electron chi connectivity index (χ1n) is 33.8. The van der Waals surface area contributed by atoms with Gasteiger partial charge in [0.2, 0.25) is 5.91 Å². The Morgan fingerprint density at radius 1 is 0.405 bits per heavy atom. The second-order valence-corrected chi connectivity index (χ2v) is 24.3. The summed E-state index contributed by atoms with van der Waals surface area (Å²) in [6.07, 6.45) is 42.9. The molecule has 2 fully saturated rings. The van der Waals surface area contributed by atoms with E-state index < -0.39 is 86.8 Å². The van der Waals surface area contributed by atoms with Crippen molar-refractivity contribution in [2.75, 3.05) is 19.8 Å². The van der Waals surface area contributed by atoms with Gasteiger partial charge in [0.15, 0.2) is 12.6 Å². The minimum Gasteiger partial charge on any atom is -0.394 e. The fourth-order valence-electron chi connectivity index (χ4n) is 11.7. The molecule has 1 amide bonds. The van der Waals surface area contributed by atoms with Crippen molar-refractivity contribution in [2.24, 2.45) is 0 Å². The number of aliphatic hydroxyl groups excluding tert-OH is 8. The highest BCUT2D eigenvalue weighted by Gasteiger charge is 2.51. The van der Waals surface area contributed by atoms with E-state index in [2.05, 4.69) is 19.2 Å². The summed E-state index contributed by atoms with van der Waals surface area (Å²) >= 11 is 0. The summed E-state index contributed by atoms with van der Waals surface area (Å²) in [5.74, 6) is -0.200. The van der Waals surface area contributed by atoms with E-state index in [1.165, 1.54) is 238 Å². The number of hydrogen-bond donors (Lipinski definition) is 9. The number of aliphatic hydroxyl groups is 8. The molecule has 2 saturated heterocycles. The molecule has 2 aliphatic rings. The van der Waals surface area contributed by atoms with Crippen LogP contribution in [0.2, 0.25) is 0 Å². The van der Waals surface area contributed by atoms with Crippen LogP contribution in [0.1, 0.15) is 316 Å². The Morgan fingerprint density at radius 2 is 0.722 bits per heavy atom. The van der Waals surface area contributed by atoms with Crippen molar-refractivity contribution in [1.82, 2.24) is 5.32 Å². The molecule has 470 valence electrons. The number of unbranched alkanes of at least 4 members (excludes halogenated alkanes) is 43. The Bertz CT molecular complexity index is 1330. The Morgan fingerprint density at radius 3 is 1.08 bits per heavy atom. The molecule has 79 heavy (non-hydrogen) atoms. The topological polar surface area (TPSA) is 228 Å². The van der Waals surface area contributed by atoms with Gasteiger partial charge in [-0.2, -0.15) is 0 Å². The lowest BCUT2D eigenvalue weighted by Crippen LogP contribution is -2.65. The second-order valence-electron chi connectivity index (χ2n) is 24.3. The smallest absolute Gasteiger partial charge is 0.220 e. The molecule has 2 heterocycles. The zero-order valence-electron chi connectivity index (χ0n) is 50.9. The lowest BCUT2D eigenvalue weighted by Gasteiger charge is -2.46. The van der Waals surface area contributed by atoms with E-state index >= 15 is 0 Å². The lowest BCUT2D eigenvalue weighted by molar-refractivity contribution is -0.359. The van der Waals surface area contributed by atoms with Crippen molar-refractivity contribution in [3.05, 3.63) is 0 Å². The molecule has 14 nitrogen and oxygen atoms in total. The van der Waals surface area contributed by atoms with Crippen LogP contribution in [0.15, 0.2) is 0 Å². The summed E-state index contributed by atoms with van der Waals surface area (Å²) in [5.41, 5.74) is 0. The highest BCUT2D eigenvalue weighted by molar-refractivity contribution is 5.76. The number of carbonyl (C=O) groups excluding carboxylic acids is 1. The zero-order chi connectivity index (χ0) is 57.4. The molecule has 0 saturated carbocycles. The van der Waals surface area contributed by atoms with Crippen molar-refractivity contribution in [3.8, 4) is 0 Å². The molecule has 0 spiro atoms. The highest BCUT2D eigenvalue weighted by Crippen LogP contribution is 2.30. The summed E-state index contributed by atoms with van der Waals surface area (Å²) in [6.45, 7) is 2.89. The second kappa shape index (κ2) is 51.4. The van der Waals surface area contributed by atoms with Crippen LogP contribution < -0.4 is 5.32 Å². The van der Waals surface area contributed by atoms with Crippen molar-refractivity contribution >= 4 is 5.91 Å². The van der Waals surface area contributed by atoms with Crippen LogP contribution in [0.3, 0.4) is 0 Å². The Kier molecular flexibility index (Phi) is 48.2. The third-order valence-corrected chi connectivity index (χ3v) is 17.1. The summed E-state index contributed by atoms with van der Waals surface area (Å²) in [4.78, 5) is 13.3. The maximum atomic E-state index is 13.3. The van der Waals surface area contributed by atoms with Crippen LogP contribution >= 0.6 is 0 Å². The maximum Gasteiger partial charge on any atom is 0.220 e. The molecular formula is C65H127NO13. The van der Waals surface area contributed by atoms with Gasteiger partial charge >= 0.3 is 0 Å². The van der Waals surface area contributed by atoms with Crippen LogP contribution in [-0.4, -0.2) is 140 Å². The summed E-state index contributed by atoms with van der Waals surface area (Å²) in [7, 11) is 0. The molecule has 2 aliphatic heterocycles. The number of carbonyl (C=O) groups is 1. The number of amides is 1. The van der Waals surface area contributed by atoms with Gasteiger partial charge in [0.25, 0.3) is 0 Å². The van der Waals surface area contributed by atoms with Crippen molar-refractivity contribution in [1.29, 1.82) is 0 Å². The van der Waals surface area contributed by atoms with Gasteiger partial charge in [-0.1, -0.05) is 296 Å². The molecule has 12 unspecified atom stereocenters. The molecule has 14 heteroatoms. The molecule has 0 aromatic rings. The largest absolute Gasteiger partial charge is 0.394 e. The average molecular weight is 1130 g/mol. The molecule has 0 aromatic heterocycles. The lowest BCUT2D eigenvalue weighted by atomic mass is 9.97.